The minimum atomic E-state index is -0.740. The molecule has 0 aromatic heterocycles. The van der Waals surface area contributed by atoms with Gasteiger partial charge in [-0.1, -0.05) is 23.7 Å². The Labute approximate surface area is 81.1 Å². The van der Waals surface area contributed by atoms with Gasteiger partial charge in [-0.2, -0.15) is 0 Å². The molecule has 68 valence electrons. The average Bonchev–Trinajstić information content (AvgIpc) is 2.03. The summed E-state index contributed by atoms with van der Waals surface area (Å²) >= 11 is 5.92. The van der Waals surface area contributed by atoms with Gasteiger partial charge in [0.25, 0.3) is 0 Å². The molecular formula is C10H9ClO2. The van der Waals surface area contributed by atoms with Crippen molar-refractivity contribution in [3.63, 3.8) is 0 Å². The first-order chi connectivity index (χ1) is 6.18. The fourth-order valence-corrected chi connectivity index (χ4v) is 2.05. The fraction of sp³-hybridized carbons (Fsp3) is 0.300. The van der Waals surface area contributed by atoms with Gasteiger partial charge in [0.15, 0.2) is 0 Å². The van der Waals surface area contributed by atoms with Crippen molar-refractivity contribution in [3.8, 4) is 0 Å². The number of hydrogen-bond acceptors (Lipinski definition) is 1. The number of carbonyl (C=O) groups is 1. The van der Waals surface area contributed by atoms with E-state index in [1.54, 1.807) is 0 Å². The van der Waals surface area contributed by atoms with Crippen LogP contribution in [0.5, 0.6) is 0 Å². The predicted octanol–water partition coefficient (Wildman–Crippen LogP) is 2.45. The summed E-state index contributed by atoms with van der Waals surface area (Å²) in [7, 11) is 0. The van der Waals surface area contributed by atoms with E-state index in [-0.39, 0.29) is 12.3 Å². The van der Waals surface area contributed by atoms with Gasteiger partial charge in [-0.15, -0.1) is 0 Å². The van der Waals surface area contributed by atoms with Gasteiger partial charge in [-0.25, -0.2) is 0 Å². The Bertz CT molecular complexity index is 360. The molecule has 1 unspecified atom stereocenters. The quantitative estimate of drug-likeness (QED) is 0.789. The molecule has 1 aromatic rings. The van der Waals surface area contributed by atoms with Crippen LogP contribution in [0.2, 0.25) is 5.02 Å². The highest BCUT2D eigenvalue weighted by molar-refractivity contribution is 6.31. The van der Waals surface area contributed by atoms with E-state index in [1.807, 2.05) is 18.2 Å². The molecule has 3 heteroatoms. The Morgan fingerprint density at radius 2 is 2.38 bits per heavy atom. The van der Waals surface area contributed by atoms with Crippen molar-refractivity contribution in [2.24, 2.45) is 0 Å². The molecule has 0 fully saturated rings. The topological polar surface area (TPSA) is 37.3 Å². The number of fused-ring (bicyclic) bond motifs is 1. The lowest BCUT2D eigenvalue weighted by Gasteiger charge is -2.29. The summed E-state index contributed by atoms with van der Waals surface area (Å²) in [6, 6.07) is 5.67. The van der Waals surface area contributed by atoms with Crippen LogP contribution in [-0.2, 0) is 11.2 Å². The molecule has 0 radical (unpaired) electrons. The van der Waals surface area contributed by atoms with Gasteiger partial charge in [0.1, 0.15) is 0 Å². The predicted molar refractivity (Wildman–Crippen MR) is 50.1 cm³/mol. The van der Waals surface area contributed by atoms with Gasteiger partial charge in [0.05, 0.1) is 6.42 Å². The number of benzene rings is 1. The zero-order chi connectivity index (χ0) is 9.42. The number of carboxylic acid groups (broad SMARTS) is 1. The summed E-state index contributed by atoms with van der Waals surface area (Å²) in [5, 5.41) is 9.37. The molecule has 1 aliphatic carbocycles. The van der Waals surface area contributed by atoms with E-state index in [9.17, 15) is 4.79 Å². The van der Waals surface area contributed by atoms with Crippen molar-refractivity contribution in [3.05, 3.63) is 34.3 Å². The highest BCUT2D eigenvalue weighted by atomic mass is 35.5. The monoisotopic (exact) mass is 196 g/mol. The first kappa shape index (κ1) is 8.57. The van der Waals surface area contributed by atoms with Crippen LogP contribution in [0.3, 0.4) is 0 Å². The van der Waals surface area contributed by atoms with Crippen LogP contribution < -0.4 is 0 Å². The lowest BCUT2D eigenvalue weighted by Crippen LogP contribution is -2.20. The maximum atomic E-state index is 10.5. The molecule has 1 N–H and O–H groups in total. The second kappa shape index (κ2) is 3.04. The SMILES string of the molecule is O=C(O)CC1Cc2c(Cl)cccc21. The third-order valence-corrected chi connectivity index (χ3v) is 2.82. The summed E-state index contributed by atoms with van der Waals surface area (Å²) in [6.07, 6.45) is 1.02. The molecule has 1 aliphatic rings. The third-order valence-electron chi connectivity index (χ3n) is 2.47. The second-order valence-corrected chi connectivity index (χ2v) is 3.71. The van der Waals surface area contributed by atoms with Crippen LogP contribution in [0.15, 0.2) is 18.2 Å². The first-order valence-electron chi connectivity index (χ1n) is 4.17. The summed E-state index contributed by atoms with van der Waals surface area (Å²) < 4.78 is 0. The second-order valence-electron chi connectivity index (χ2n) is 3.31. The Morgan fingerprint density at radius 3 is 3.08 bits per heavy atom. The molecule has 0 heterocycles. The summed E-state index contributed by atoms with van der Waals surface area (Å²) in [5.74, 6) is -0.568. The number of hydrogen-bond donors (Lipinski definition) is 1. The van der Waals surface area contributed by atoms with E-state index in [1.165, 1.54) is 0 Å². The molecule has 0 aliphatic heterocycles. The fourth-order valence-electron chi connectivity index (χ4n) is 1.79. The minimum Gasteiger partial charge on any atom is -0.481 e. The lowest BCUT2D eigenvalue weighted by molar-refractivity contribution is -0.137. The Morgan fingerprint density at radius 1 is 1.62 bits per heavy atom. The molecule has 2 nitrogen and oxygen atoms in total. The maximum Gasteiger partial charge on any atom is 0.303 e. The van der Waals surface area contributed by atoms with Crippen molar-refractivity contribution in [2.75, 3.05) is 0 Å². The highest BCUT2D eigenvalue weighted by Crippen LogP contribution is 2.41. The minimum absolute atomic E-state index is 0.172. The van der Waals surface area contributed by atoms with Crippen molar-refractivity contribution in [2.45, 2.75) is 18.8 Å². The molecule has 0 saturated carbocycles. The highest BCUT2D eigenvalue weighted by Gasteiger charge is 2.29. The van der Waals surface area contributed by atoms with Crippen LogP contribution >= 0.6 is 11.6 Å². The largest absolute Gasteiger partial charge is 0.481 e. The molecule has 0 amide bonds. The Balaban J connectivity index is 2.22. The zero-order valence-corrected chi connectivity index (χ0v) is 7.71. The van der Waals surface area contributed by atoms with E-state index in [0.717, 1.165) is 22.6 Å². The standard InChI is InChI=1S/C10H9ClO2/c11-9-3-1-2-7-6(4-8(7)9)5-10(12)13/h1-3,6H,4-5H2,(H,12,13). The van der Waals surface area contributed by atoms with E-state index < -0.39 is 5.97 Å². The molecule has 0 spiro atoms. The van der Waals surface area contributed by atoms with Gasteiger partial charge in [-0.3, -0.25) is 4.79 Å². The summed E-state index contributed by atoms with van der Waals surface area (Å²) in [4.78, 5) is 10.5. The molecular weight excluding hydrogens is 188 g/mol. The number of rotatable bonds is 2. The average molecular weight is 197 g/mol. The van der Waals surface area contributed by atoms with Gasteiger partial charge in [-0.05, 0) is 29.5 Å². The van der Waals surface area contributed by atoms with Gasteiger partial charge < -0.3 is 5.11 Å². The summed E-state index contributed by atoms with van der Waals surface area (Å²) in [5.41, 5.74) is 2.23. The third kappa shape index (κ3) is 1.42. The van der Waals surface area contributed by atoms with Gasteiger partial charge >= 0.3 is 5.97 Å². The van der Waals surface area contributed by atoms with Crippen LogP contribution in [0.1, 0.15) is 23.5 Å². The van der Waals surface area contributed by atoms with Crippen molar-refractivity contribution in [1.82, 2.24) is 0 Å². The van der Waals surface area contributed by atoms with Crippen LogP contribution in [0.4, 0.5) is 0 Å². The molecule has 0 saturated heterocycles. The van der Waals surface area contributed by atoms with E-state index in [4.69, 9.17) is 16.7 Å². The van der Waals surface area contributed by atoms with Crippen molar-refractivity contribution < 1.29 is 9.90 Å². The zero-order valence-electron chi connectivity index (χ0n) is 6.96. The molecule has 1 atom stereocenters. The summed E-state index contributed by atoms with van der Waals surface area (Å²) in [6.45, 7) is 0. The van der Waals surface area contributed by atoms with Crippen LogP contribution in [0, 0.1) is 0 Å². The first-order valence-corrected chi connectivity index (χ1v) is 4.55. The number of carboxylic acids is 1. The van der Waals surface area contributed by atoms with Crippen molar-refractivity contribution >= 4 is 17.6 Å². The van der Waals surface area contributed by atoms with Gasteiger partial charge in [0.2, 0.25) is 0 Å². The smallest absolute Gasteiger partial charge is 0.303 e. The van der Waals surface area contributed by atoms with E-state index >= 15 is 0 Å². The lowest BCUT2D eigenvalue weighted by atomic mass is 9.76. The molecule has 1 aromatic carbocycles. The molecule has 13 heavy (non-hydrogen) atoms. The van der Waals surface area contributed by atoms with Crippen LogP contribution in [-0.4, -0.2) is 11.1 Å². The molecule has 2 rings (SSSR count). The number of halogens is 1. The Hall–Kier alpha value is -1.02. The van der Waals surface area contributed by atoms with Crippen LogP contribution in [0.25, 0.3) is 0 Å². The van der Waals surface area contributed by atoms with Gasteiger partial charge in [0, 0.05) is 5.02 Å². The normalized spacial score (nSPS) is 19.0. The maximum absolute atomic E-state index is 10.5. The number of aliphatic carboxylic acids is 1. The van der Waals surface area contributed by atoms with E-state index in [2.05, 4.69) is 0 Å². The molecule has 0 bridgehead atoms. The Kier molecular flexibility index (Phi) is 2.00. The van der Waals surface area contributed by atoms with Crippen molar-refractivity contribution in [1.29, 1.82) is 0 Å². The van der Waals surface area contributed by atoms with E-state index in [0.29, 0.717) is 0 Å².